The Labute approximate surface area is 278 Å². The fraction of sp³-hybridized carbons (Fsp3) is 0.562. The fourth-order valence-corrected chi connectivity index (χ4v) is 5.70. The Morgan fingerprint density at radius 3 is 2.77 bits per heavy atom. The number of pyridine rings is 1. The summed E-state index contributed by atoms with van der Waals surface area (Å²) < 4.78 is 30.2. The number of urea groups is 1. The molecule has 1 atom stereocenters. The third-order valence-electron chi connectivity index (χ3n) is 8.14. The molecule has 2 aliphatic rings. The van der Waals surface area contributed by atoms with Crippen molar-refractivity contribution < 1.29 is 38.1 Å². The third kappa shape index (κ3) is 10.4. The second-order valence-corrected chi connectivity index (χ2v) is 11.4. The summed E-state index contributed by atoms with van der Waals surface area (Å²) in [5.74, 6) is -0.863. The maximum Gasteiger partial charge on any atom is 0.320 e. The summed E-state index contributed by atoms with van der Waals surface area (Å²) in [5, 5.41) is 19.5. The quantitative estimate of drug-likeness (QED) is 0.0751. The van der Waals surface area contributed by atoms with Gasteiger partial charge in [-0.05, 0) is 60.5 Å². The van der Waals surface area contributed by atoms with Crippen molar-refractivity contribution in [1.82, 2.24) is 14.8 Å². The number of amides is 2. The number of carboxylic acids is 1. The maximum atomic E-state index is 14.5. The van der Waals surface area contributed by atoms with Crippen LogP contribution in [0.3, 0.4) is 0 Å². The van der Waals surface area contributed by atoms with E-state index in [9.17, 15) is 23.9 Å². The van der Waals surface area contributed by atoms with E-state index in [1.807, 2.05) is 6.07 Å². The molecule has 3 heterocycles. The fourth-order valence-electron chi connectivity index (χ4n) is 5.70. The van der Waals surface area contributed by atoms with Crippen LogP contribution in [0.4, 0.5) is 20.7 Å². The predicted octanol–water partition coefficient (Wildman–Crippen LogP) is 4.19. The zero-order chi connectivity index (χ0) is 34.3. The van der Waals surface area contributed by atoms with E-state index >= 15 is 0 Å². The lowest BCUT2D eigenvalue weighted by molar-refractivity contribution is -0.138. The largest absolute Gasteiger partial charge is 0.494 e. The summed E-state index contributed by atoms with van der Waals surface area (Å²) in [5.41, 5.74) is 11.3. The van der Waals surface area contributed by atoms with E-state index in [2.05, 4.69) is 20.7 Å². The number of azide groups is 1. The average molecular weight is 671 g/mol. The minimum Gasteiger partial charge on any atom is -0.494 e. The molecule has 4 rings (SSSR count). The number of carbonyl (C=O) groups excluding carboxylic acids is 2. The number of nitrogens with one attached hydrogen (secondary N) is 2. The number of anilines is 2. The molecule has 0 unspecified atom stereocenters. The molecule has 0 saturated carbocycles. The van der Waals surface area contributed by atoms with Crippen LogP contribution in [0, 0.1) is 5.82 Å². The number of benzene rings is 1. The number of carboxylic acid groups (broad SMARTS) is 1. The normalized spacial score (nSPS) is 14.6. The van der Waals surface area contributed by atoms with Crippen molar-refractivity contribution >= 4 is 29.3 Å². The van der Waals surface area contributed by atoms with Crippen LogP contribution >= 0.6 is 0 Å². The summed E-state index contributed by atoms with van der Waals surface area (Å²) >= 11 is 0. The summed E-state index contributed by atoms with van der Waals surface area (Å²) in [7, 11) is 1.35. The number of rotatable bonds is 21. The number of ether oxygens (including phenoxy) is 3. The van der Waals surface area contributed by atoms with Crippen molar-refractivity contribution in [3.05, 3.63) is 57.3 Å². The van der Waals surface area contributed by atoms with E-state index in [0.29, 0.717) is 57.9 Å². The number of nitrogens with zero attached hydrogens (tertiary/aromatic N) is 6. The van der Waals surface area contributed by atoms with Crippen LogP contribution in [0.15, 0.2) is 29.4 Å². The monoisotopic (exact) mass is 670 g/mol. The third-order valence-corrected chi connectivity index (χ3v) is 8.14. The number of halogens is 1. The second-order valence-electron chi connectivity index (χ2n) is 11.4. The molecule has 0 bridgehead atoms. The van der Waals surface area contributed by atoms with Crippen molar-refractivity contribution in [3.8, 4) is 5.75 Å². The summed E-state index contributed by atoms with van der Waals surface area (Å²) in [4.78, 5) is 48.4. The molecule has 0 radical (unpaired) electrons. The van der Waals surface area contributed by atoms with Gasteiger partial charge in [0.2, 0.25) is 0 Å². The highest BCUT2D eigenvalue weighted by atomic mass is 19.1. The van der Waals surface area contributed by atoms with Gasteiger partial charge in [-0.3, -0.25) is 9.59 Å². The lowest BCUT2D eigenvalue weighted by Crippen LogP contribution is -2.36. The molecule has 1 aromatic heterocycles. The van der Waals surface area contributed by atoms with Gasteiger partial charge in [0.05, 0.1) is 63.9 Å². The molecule has 0 spiro atoms. The minimum absolute atomic E-state index is 0.0171. The Balaban J connectivity index is 1.30. The maximum absolute atomic E-state index is 14.5. The standard InChI is InChI=1S/C32H43FN8O7/c1-46-29-7-6-22(18-25(29)33)28(20-30(43)44)41-13-12-40(32(41)45)11-3-5-26-27(19-23-4-2-9-35-31(23)38-26)36-21-24(42)8-14-47-16-17-48-15-10-37-39-34/h6-7,18-19,28,36H,2-5,8-17,20-21H2,1H3,(H,35,38)(H,43,44)/t28-/m0/s1. The van der Waals surface area contributed by atoms with Crippen molar-refractivity contribution in [3.63, 3.8) is 0 Å². The Kier molecular flexibility index (Phi) is 14.0. The van der Waals surface area contributed by atoms with Crippen molar-refractivity contribution in [2.75, 3.05) is 83.4 Å². The average Bonchev–Trinajstić information content (AvgIpc) is 3.44. The highest BCUT2D eigenvalue weighted by Crippen LogP contribution is 2.32. The van der Waals surface area contributed by atoms with Crippen molar-refractivity contribution in [2.45, 2.75) is 44.6 Å². The topological polar surface area (TPSA) is 191 Å². The number of fused-ring (bicyclic) bond motifs is 1. The number of hydrogen-bond acceptors (Lipinski definition) is 10. The lowest BCUT2D eigenvalue weighted by atomic mass is 10.0. The van der Waals surface area contributed by atoms with Crippen LogP contribution in [0.25, 0.3) is 10.4 Å². The van der Waals surface area contributed by atoms with Gasteiger partial charge in [-0.25, -0.2) is 14.2 Å². The van der Waals surface area contributed by atoms with Gasteiger partial charge in [0.1, 0.15) is 5.82 Å². The first kappa shape index (κ1) is 36.2. The number of aliphatic carboxylic acids is 1. The van der Waals surface area contributed by atoms with E-state index in [0.717, 1.165) is 42.1 Å². The zero-order valence-electron chi connectivity index (χ0n) is 27.2. The van der Waals surface area contributed by atoms with Crippen molar-refractivity contribution in [1.29, 1.82) is 0 Å². The number of Topliss-reactive ketones (excluding diaryl/α,β-unsaturated/α-hetero) is 1. The molecule has 16 heteroatoms. The second kappa shape index (κ2) is 18.6. The van der Waals surface area contributed by atoms with Crippen LogP contribution in [0.5, 0.6) is 5.75 Å². The first-order valence-corrected chi connectivity index (χ1v) is 16.1. The van der Waals surface area contributed by atoms with Gasteiger partial charge in [0.15, 0.2) is 17.3 Å². The summed E-state index contributed by atoms with van der Waals surface area (Å²) in [6.45, 7) is 3.61. The van der Waals surface area contributed by atoms with Crippen LogP contribution in [-0.4, -0.2) is 110 Å². The van der Waals surface area contributed by atoms with Crippen molar-refractivity contribution in [2.24, 2.45) is 5.11 Å². The number of ketones is 1. The first-order chi connectivity index (χ1) is 23.3. The molecule has 1 aromatic carbocycles. The molecular formula is C32H43FN8O7. The lowest BCUT2D eigenvalue weighted by Gasteiger charge is -2.27. The van der Waals surface area contributed by atoms with Gasteiger partial charge in [-0.15, -0.1) is 0 Å². The van der Waals surface area contributed by atoms with Gasteiger partial charge in [0, 0.05) is 44.1 Å². The molecule has 3 N–H and O–H groups in total. The van der Waals surface area contributed by atoms with E-state index < -0.39 is 17.8 Å². The van der Waals surface area contributed by atoms with Crippen LogP contribution < -0.4 is 15.4 Å². The molecule has 2 amide bonds. The predicted molar refractivity (Wildman–Crippen MR) is 175 cm³/mol. The van der Waals surface area contributed by atoms with Crippen LogP contribution in [-0.2, 0) is 31.9 Å². The SMILES string of the molecule is COc1ccc([C@H](CC(=O)O)N2CCN(CCCc3nc4c(cc3NCC(=O)CCOCCOCCN=[N+]=[N-])CCCN4)C2=O)cc1F. The van der Waals surface area contributed by atoms with Gasteiger partial charge in [0.25, 0.3) is 0 Å². The summed E-state index contributed by atoms with van der Waals surface area (Å²) in [6.07, 6.45) is 2.88. The Morgan fingerprint density at radius 2 is 2.02 bits per heavy atom. The molecule has 15 nitrogen and oxygen atoms in total. The van der Waals surface area contributed by atoms with E-state index in [4.69, 9.17) is 24.7 Å². The number of aromatic nitrogens is 1. The number of hydrogen-bond donors (Lipinski definition) is 3. The summed E-state index contributed by atoms with van der Waals surface area (Å²) in [6, 6.07) is 5.15. The Hall–Kier alpha value is -4.66. The highest BCUT2D eigenvalue weighted by molar-refractivity contribution is 5.83. The van der Waals surface area contributed by atoms with E-state index in [1.54, 1.807) is 11.0 Å². The Morgan fingerprint density at radius 1 is 1.21 bits per heavy atom. The molecule has 260 valence electrons. The van der Waals surface area contributed by atoms with Gasteiger partial charge < -0.3 is 39.8 Å². The number of carbonyl (C=O) groups is 3. The number of aryl methyl sites for hydroxylation is 2. The van der Waals surface area contributed by atoms with Gasteiger partial charge in [-0.1, -0.05) is 11.2 Å². The molecule has 1 saturated heterocycles. The van der Waals surface area contributed by atoms with Gasteiger partial charge >= 0.3 is 12.0 Å². The first-order valence-electron chi connectivity index (χ1n) is 16.1. The molecule has 2 aromatic rings. The van der Waals surface area contributed by atoms with Gasteiger partial charge in [-0.2, -0.15) is 0 Å². The molecule has 1 fully saturated rings. The van der Waals surface area contributed by atoms with E-state index in [-0.39, 0.29) is 50.1 Å². The highest BCUT2D eigenvalue weighted by Gasteiger charge is 2.35. The minimum atomic E-state index is -1.09. The van der Waals surface area contributed by atoms with Crippen LogP contribution in [0.2, 0.25) is 0 Å². The van der Waals surface area contributed by atoms with E-state index in [1.165, 1.54) is 24.1 Å². The Bertz CT molecular complexity index is 1470. The molecule has 48 heavy (non-hydrogen) atoms. The number of methoxy groups -OCH3 is 1. The molecular weight excluding hydrogens is 627 g/mol. The smallest absolute Gasteiger partial charge is 0.320 e. The molecule has 2 aliphatic heterocycles. The van der Waals surface area contributed by atoms with Crippen LogP contribution in [0.1, 0.15) is 48.5 Å². The molecule has 0 aliphatic carbocycles. The zero-order valence-corrected chi connectivity index (χ0v) is 27.2.